The molecular formula is C15H19FN2O3. The molecule has 2 aliphatic rings. The molecule has 2 amide bonds. The lowest BCUT2D eigenvalue weighted by atomic mass is 9.90. The van der Waals surface area contributed by atoms with Crippen LogP contribution in [0.5, 0.6) is 0 Å². The third kappa shape index (κ3) is 3.51. The molecule has 1 spiro atoms. The van der Waals surface area contributed by atoms with E-state index in [1.807, 2.05) is 0 Å². The molecule has 2 heterocycles. The molecule has 2 atom stereocenters. The molecule has 0 aliphatic carbocycles. The first-order chi connectivity index (χ1) is 10.2. The lowest BCUT2D eigenvalue weighted by Gasteiger charge is -2.37. The zero-order valence-electron chi connectivity index (χ0n) is 11.7. The van der Waals surface area contributed by atoms with Gasteiger partial charge in [0.2, 0.25) is 0 Å². The van der Waals surface area contributed by atoms with Crippen LogP contribution in [0.15, 0.2) is 24.3 Å². The Kier molecular flexibility index (Phi) is 4.07. The van der Waals surface area contributed by atoms with Gasteiger partial charge in [-0.05, 0) is 37.1 Å². The van der Waals surface area contributed by atoms with E-state index in [1.54, 1.807) is 0 Å². The van der Waals surface area contributed by atoms with Crippen molar-refractivity contribution in [1.82, 2.24) is 5.32 Å². The summed E-state index contributed by atoms with van der Waals surface area (Å²) in [6, 6.07) is 5.49. The first kappa shape index (κ1) is 14.3. The molecule has 0 aromatic heterocycles. The zero-order valence-corrected chi connectivity index (χ0v) is 11.7. The average molecular weight is 294 g/mol. The smallest absolute Gasteiger partial charge is 0.319 e. The van der Waals surface area contributed by atoms with Gasteiger partial charge in [0.25, 0.3) is 0 Å². The van der Waals surface area contributed by atoms with Crippen LogP contribution in [0.3, 0.4) is 0 Å². The Morgan fingerprint density at radius 1 is 1.29 bits per heavy atom. The van der Waals surface area contributed by atoms with Crippen LogP contribution in [0.1, 0.15) is 19.3 Å². The average Bonchev–Trinajstić information content (AvgIpc) is 2.89. The lowest BCUT2D eigenvalue weighted by Crippen LogP contribution is -2.49. The monoisotopic (exact) mass is 294 g/mol. The van der Waals surface area contributed by atoms with E-state index in [0.717, 1.165) is 19.3 Å². The summed E-state index contributed by atoms with van der Waals surface area (Å²) in [5, 5.41) is 5.66. The highest BCUT2D eigenvalue weighted by Crippen LogP contribution is 2.32. The van der Waals surface area contributed by atoms with Crippen molar-refractivity contribution in [3.05, 3.63) is 30.1 Å². The van der Waals surface area contributed by atoms with Gasteiger partial charge in [-0.15, -0.1) is 0 Å². The summed E-state index contributed by atoms with van der Waals surface area (Å²) in [5.41, 5.74) is 0.339. The molecule has 3 rings (SSSR count). The van der Waals surface area contributed by atoms with Crippen LogP contribution in [-0.4, -0.2) is 37.5 Å². The summed E-state index contributed by atoms with van der Waals surface area (Å²) in [4.78, 5) is 12.0. The van der Waals surface area contributed by atoms with E-state index < -0.39 is 0 Å². The lowest BCUT2D eigenvalue weighted by molar-refractivity contribution is -0.0877. The molecule has 1 aromatic carbocycles. The van der Waals surface area contributed by atoms with Crippen LogP contribution in [-0.2, 0) is 9.47 Å². The molecule has 2 saturated heterocycles. The molecular weight excluding hydrogens is 275 g/mol. The molecule has 0 radical (unpaired) electrons. The summed E-state index contributed by atoms with van der Waals surface area (Å²) in [6.45, 7) is 1.95. The molecule has 6 heteroatoms. The van der Waals surface area contributed by atoms with Gasteiger partial charge in [-0.25, -0.2) is 9.18 Å². The Balaban J connectivity index is 1.53. The van der Waals surface area contributed by atoms with Crippen LogP contribution in [0.2, 0.25) is 0 Å². The number of hydrogen-bond donors (Lipinski definition) is 2. The Bertz CT molecular complexity index is 500. The van der Waals surface area contributed by atoms with Crippen molar-refractivity contribution in [3.63, 3.8) is 0 Å². The number of carbonyl (C=O) groups is 1. The standard InChI is InChI=1S/C15H19FN2O3/c16-11-1-3-12(4-2-11)17-14(19)18-13-5-7-21-15(9-13)6-8-20-10-15/h1-4,13H,5-10H2,(H2,17,18,19)/t13-,15-/m1/s1. The molecule has 0 bridgehead atoms. The van der Waals surface area contributed by atoms with Crippen molar-refractivity contribution in [2.24, 2.45) is 0 Å². The number of halogens is 1. The minimum atomic E-state index is -0.325. The van der Waals surface area contributed by atoms with E-state index in [4.69, 9.17) is 9.47 Å². The molecule has 0 unspecified atom stereocenters. The Labute approximate surface area is 122 Å². The predicted octanol–water partition coefficient (Wildman–Crippen LogP) is 2.29. The third-order valence-corrected chi connectivity index (χ3v) is 4.00. The van der Waals surface area contributed by atoms with E-state index in [-0.39, 0.29) is 23.5 Å². The van der Waals surface area contributed by atoms with Gasteiger partial charge in [-0.1, -0.05) is 0 Å². The second kappa shape index (κ2) is 5.99. The van der Waals surface area contributed by atoms with E-state index >= 15 is 0 Å². The number of hydrogen-bond acceptors (Lipinski definition) is 3. The molecule has 2 aliphatic heterocycles. The fraction of sp³-hybridized carbons (Fsp3) is 0.533. The summed E-state index contributed by atoms with van der Waals surface area (Å²) < 4.78 is 24.1. The number of nitrogens with one attached hydrogen (secondary N) is 2. The third-order valence-electron chi connectivity index (χ3n) is 4.00. The Morgan fingerprint density at radius 3 is 2.81 bits per heavy atom. The topological polar surface area (TPSA) is 59.6 Å². The van der Waals surface area contributed by atoms with Crippen molar-refractivity contribution in [2.45, 2.75) is 30.9 Å². The molecule has 5 nitrogen and oxygen atoms in total. The summed E-state index contributed by atoms with van der Waals surface area (Å²) in [7, 11) is 0. The minimum Gasteiger partial charge on any atom is -0.378 e. The van der Waals surface area contributed by atoms with Crippen LogP contribution in [0, 0.1) is 5.82 Å². The molecule has 114 valence electrons. The highest BCUT2D eigenvalue weighted by Gasteiger charge is 2.41. The number of anilines is 1. The maximum atomic E-state index is 12.8. The van der Waals surface area contributed by atoms with Gasteiger partial charge in [0.05, 0.1) is 12.2 Å². The quantitative estimate of drug-likeness (QED) is 0.880. The fourth-order valence-corrected chi connectivity index (χ4v) is 2.90. The SMILES string of the molecule is O=C(Nc1ccc(F)cc1)N[C@@H]1CCO[C@]2(CCOC2)C1. The van der Waals surface area contributed by atoms with E-state index in [2.05, 4.69) is 10.6 Å². The van der Waals surface area contributed by atoms with Gasteiger partial charge < -0.3 is 20.1 Å². The normalized spacial score (nSPS) is 28.5. The maximum Gasteiger partial charge on any atom is 0.319 e. The van der Waals surface area contributed by atoms with Gasteiger partial charge in [-0.3, -0.25) is 0 Å². The summed E-state index contributed by atoms with van der Waals surface area (Å²) in [5.74, 6) is -0.325. The number of carbonyl (C=O) groups excluding carboxylic acids is 1. The molecule has 21 heavy (non-hydrogen) atoms. The van der Waals surface area contributed by atoms with Gasteiger partial charge in [0, 0.05) is 31.4 Å². The van der Waals surface area contributed by atoms with Crippen LogP contribution in [0.25, 0.3) is 0 Å². The number of ether oxygens (including phenoxy) is 2. The van der Waals surface area contributed by atoms with Crippen LogP contribution < -0.4 is 10.6 Å². The highest BCUT2D eigenvalue weighted by molar-refractivity contribution is 5.89. The number of benzene rings is 1. The minimum absolute atomic E-state index is 0.0703. The maximum absolute atomic E-state index is 12.8. The van der Waals surface area contributed by atoms with Gasteiger partial charge >= 0.3 is 6.03 Å². The first-order valence-electron chi connectivity index (χ1n) is 7.20. The van der Waals surface area contributed by atoms with Crippen LogP contribution in [0.4, 0.5) is 14.9 Å². The Morgan fingerprint density at radius 2 is 2.10 bits per heavy atom. The van der Waals surface area contributed by atoms with Gasteiger partial charge in [-0.2, -0.15) is 0 Å². The van der Waals surface area contributed by atoms with E-state index in [1.165, 1.54) is 24.3 Å². The number of rotatable bonds is 2. The molecule has 1 aromatic rings. The van der Waals surface area contributed by atoms with Crippen molar-refractivity contribution in [2.75, 3.05) is 25.1 Å². The Hall–Kier alpha value is -1.66. The molecule has 0 saturated carbocycles. The zero-order chi connectivity index (χ0) is 14.7. The van der Waals surface area contributed by atoms with Crippen molar-refractivity contribution in [3.8, 4) is 0 Å². The molecule has 2 fully saturated rings. The van der Waals surface area contributed by atoms with E-state index in [0.29, 0.717) is 25.5 Å². The van der Waals surface area contributed by atoms with E-state index in [9.17, 15) is 9.18 Å². The molecule has 2 N–H and O–H groups in total. The van der Waals surface area contributed by atoms with Gasteiger partial charge in [0.15, 0.2) is 0 Å². The fourth-order valence-electron chi connectivity index (χ4n) is 2.90. The van der Waals surface area contributed by atoms with Crippen LogP contribution >= 0.6 is 0 Å². The number of amides is 2. The number of urea groups is 1. The highest BCUT2D eigenvalue weighted by atomic mass is 19.1. The first-order valence-corrected chi connectivity index (χ1v) is 7.20. The van der Waals surface area contributed by atoms with Crippen molar-refractivity contribution in [1.29, 1.82) is 0 Å². The van der Waals surface area contributed by atoms with Gasteiger partial charge in [0.1, 0.15) is 5.82 Å². The second-order valence-corrected chi connectivity index (χ2v) is 5.63. The van der Waals surface area contributed by atoms with Crippen molar-refractivity contribution >= 4 is 11.7 Å². The second-order valence-electron chi connectivity index (χ2n) is 5.63. The predicted molar refractivity (Wildman–Crippen MR) is 75.7 cm³/mol. The largest absolute Gasteiger partial charge is 0.378 e. The summed E-state index contributed by atoms with van der Waals surface area (Å²) >= 11 is 0. The van der Waals surface area contributed by atoms with Crippen molar-refractivity contribution < 1.29 is 18.7 Å². The summed E-state index contributed by atoms with van der Waals surface area (Å²) in [6.07, 6.45) is 2.44.